The monoisotopic (exact) mass is 442 g/mol. The summed E-state index contributed by atoms with van der Waals surface area (Å²) >= 11 is 0. The molecule has 3 heterocycles. The van der Waals surface area contributed by atoms with Crippen molar-refractivity contribution >= 4 is 23.0 Å². The van der Waals surface area contributed by atoms with Crippen LogP contribution in [0.25, 0.3) is 11.3 Å². The highest BCUT2D eigenvalue weighted by molar-refractivity contribution is 6.07. The first-order valence-electron chi connectivity index (χ1n) is 9.94. The number of nitrogens with one attached hydrogen (secondary N) is 1. The van der Waals surface area contributed by atoms with Crippen LogP contribution in [-0.4, -0.2) is 41.2 Å². The number of piperidine rings is 1. The van der Waals surface area contributed by atoms with E-state index in [0.29, 0.717) is 17.9 Å². The van der Waals surface area contributed by atoms with Crippen LogP contribution in [-0.2, 0) is 0 Å². The van der Waals surface area contributed by atoms with Crippen molar-refractivity contribution in [3.63, 3.8) is 0 Å². The predicted molar refractivity (Wildman–Crippen MR) is 116 cm³/mol. The molecule has 0 bridgehead atoms. The lowest BCUT2D eigenvalue weighted by Gasteiger charge is -2.35. The SMILES string of the molecule is Nc1ccc(-c2c(F)cccc2F)nc1C(=O)Nc1cnccc1N1C[C@@H](N)C[C@@H](F)C1. The Morgan fingerprint density at radius 1 is 1.12 bits per heavy atom. The van der Waals surface area contributed by atoms with Crippen molar-refractivity contribution in [1.82, 2.24) is 9.97 Å². The molecule has 1 aliphatic rings. The Balaban J connectivity index is 1.65. The third-order valence-corrected chi connectivity index (χ3v) is 5.18. The predicted octanol–water partition coefficient (Wildman–Crippen LogP) is 3.13. The van der Waals surface area contributed by atoms with Crippen molar-refractivity contribution in [3.8, 4) is 11.3 Å². The van der Waals surface area contributed by atoms with Crippen molar-refractivity contribution in [1.29, 1.82) is 0 Å². The van der Waals surface area contributed by atoms with E-state index in [1.165, 1.54) is 30.6 Å². The van der Waals surface area contributed by atoms with Crippen molar-refractivity contribution in [2.24, 2.45) is 5.73 Å². The maximum Gasteiger partial charge on any atom is 0.276 e. The molecule has 0 saturated carbocycles. The number of aromatic nitrogens is 2. The lowest BCUT2D eigenvalue weighted by Crippen LogP contribution is -2.48. The topological polar surface area (TPSA) is 110 Å². The zero-order chi connectivity index (χ0) is 22.8. The van der Waals surface area contributed by atoms with Gasteiger partial charge in [-0.1, -0.05) is 6.07 Å². The molecular formula is C22H21F3N6O. The zero-order valence-corrected chi connectivity index (χ0v) is 16.9. The molecule has 166 valence electrons. The van der Waals surface area contributed by atoms with E-state index < -0.39 is 23.7 Å². The van der Waals surface area contributed by atoms with Crippen LogP contribution in [0.15, 0.2) is 48.8 Å². The normalized spacial score (nSPS) is 18.4. The minimum absolute atomic E-state index is 0.0252. The molecule has 4 rings (SSSR count). The van der Waals surface area contributed by atoms with Gasteiger partial charge in [0.1, 0.15) is 17.8 Å². The molecule has 7 nitrogen and oxygen atoms in total. The highest BCUT2D eigenvalue weighted by Gasteiger charge is 2.27. The number of nitrogens with zero attached hydrogens (tertiary/aromatic N) is 3. The molecule has 0 aliphatic carbocycles. The van der Waals surface area contributed by atoms with Crippen LogP contribution >= 0.6 is 0 Å². The van der Waals surface area contributed by atoms with Gasteiger partial charge in [0, 0.05) is 25.3 Å². The second-order valence-electron chi connectivity index (χ2n) is 7.58. The minimum Gasteiger partial charge on any atom is -0.397 e. The van der Waals surface area contributed by atoms with Gasteiger partial charge in [-0.25, -0.2) is 18.2 Å². The van der Waals surface area contributed by atoms with Gasteiger partial charge in [0.05, 0.1) is 34.5 Å². The van der Waals surface area contributed by atoms with E-state index in [0.717, 1.165) is 12.1 Å². The quantitative estimate of drug-likeness (QED) is 0.573. The maximum absolute atomic E-state index is 14.2. The second-order valence-corrected chi connectivity index (χ2v) is 7.58. The number of amides is 1. The molecule has 0 spiro atoms. The number of nitrogens with two attached hydrogens (primary N) is 2. The van der Waals surface area contributed by atoms with Crippen LogP contribution in [0.2, 0.25) is 0 Å². The van der Waals surface area contributed by atoms with Crippen molar-refractivity contribution in [2.75, 3.05) is 29.0 Å². The van der Waals surface area contributed by atoms with Gasteiger partial charge in [-0.3, -0.25) is 9.78 Å². The number of carbonyl (C=O) groups excluding carboxylic acids is 1. The third kappa shape index (κ3) is 4.35. The summed E-state index contributed by atoms with van der Waals surface area (Å²) in [5, 5.41) is 2.67. The van der Waals surface area contributed by atoms with Gasteiger partial charge >= 0.3 is 0 Å². The number of carbonyl (C=O) groups is 1. The number of alkyl halides is 1. The van der Waals surface area contributed by atoms with Gasteiger partial charge in [0.2, 0.25) is 0 Å². The molecule has 0 unspecified atom stereocenters. The Bertz CT molecular complexity index is 1130. The average Bonchev–Trinajstić information content (AvgIpc) is 2.74. The fourth-order valence-electron chi connectivity index (χ4n) is 3.75. The highest BCUT2D eigenvalue weighted by Crippen LogP contribution is 2.30. The van der Waals surface area contributed by atoms with E-state index in [1.54, 1.807) is 11.0 Å². The second kappa shape index (κ2) is 8.83. The van der Waals surface area contributed by atoms with Crippen molar-refractivity contribution < 1.29 is 18.0 Å². The van der Waals surface area contributed by atoms with Gasteiger partial charge < -0.3 is 21.7 Å². The van der Waals surface area contributed by atoms with Gasteiger partial charge in [0.15, 0.2) is 5.69 Å². The van der Waals surface area contributed by atoms with E-state index in [4.69, 9.17) is 11.5 Å². The largest absolute Gasteiger partial charge is 0.397 e. The number of nitrogen functional groups attached to an aromatic ring is 1. The summed E-state index contributed by atoms with van der Waals surface area (Å²) in [7, 11) is 0. The average molecular weight is 442 g/mol. The molecule has 0 radical (unpaired) electrons. The van der Waals surface area contributed by atoms with Crippen LogP contribution in [0, 0.1) is 11.6 Å². The summed E-state index contributed by atoms with van der Waals surface area (Å²) in [5.41, 5.74) is 12.1. The summed E-state index contributed by atoms with van der Waals surface area (Å²) in [5.74, 6) is -2.33. The van der Waals surface area contributed by atoms with E-state index in [2.05, 4.69) is 15.3 Å². The number of rotatable bonds is 4. The lowest BCUT2D eigenvalue weighted by molar-refractivity contribution is 0.102. The molecule has 1 fully saturated rings. The minimum atomic E-state index is -1.10. The lowest BCUT2D eigenvalue weighted by atomic mass is 10.0. The highest BCUT2D eigenvalue weighted by atomic mass is 19.1. The Kier molecular flexibility index (Phi) is 5.95. The van der Waals surface area contributed by atoms with Gasteiger partial charge in [-0.05, 0) is 36.8 Å². The number of halogens is 3. The van der Waals surface area contributed by atoms with Gasteiger partial charge in [-0.15, -0.1) is 0 Å². The molecule has 1 aromatic carbocycles. The molecule has 32 heavy (non-hydrogen) atoms. The fraction of sp³-hybridized carbons (Fsp3) is 0.227. The Morgan fingerprint density at radius 3 is 2.59 bits per heavy atom. The zero-order valence-electron chi connectivity index (χ0n) is 16.9. The molecule has 2 aromatic heterocycles. The number of pyridine rings is 2. The van der Waals surface area contributed by atoms with E-state index in [-0.39, 0.29) is 41.6 Å². The van der Waals surface area contributed by atoms with Crippen LogP contribution in [0.3, 0.4) is 0 Å². The first-order chi connectivity index (χ1) is 15.3. The van der Waals surface area contributed by atoms with Gasteiger partial charge in [0.25, 0.3) is 5.91 Å². The molecule has 1 saturated heterocycles. The van der Waals surface area contributed by atoms with Crippen molar-refractivity contribution in [3.05, 3.63) is 66.1 Å². The standard InChI is InChI=1S/C22H21F3N6O/c23-12-8-13(26)11-31(10-12)19-6-7-28-9-18(19)30-22(32)21-16(27)4-5-17(29-21)20-14(24)2-1-3-15(20)25/h1-7,9,12-13H,8,10-11,26-27H2,(H,30,32)/t12-,13+/m1/s1. The first-order valence-corrected chi connectivity index (χ1v) is 9.94. The number of hydrogen-bond donors (Lipinski definition) is 3. The van der Waals surface area contributed by atoms with Crippen LogP contribution in [0.1, 0.15) is 16.9 Å². The molecule has 1 amide bonds. The molecular weight excluding hydrogens is 421 g/mol. The summed E-state index contributed by atoms with van der Waals surface area (Å²) in [6.45, 7) is 0.540. The molecule has 3 aromatic rings. The molecule has 1 aliphatic heterocycles. The van der Waals surface area contributed by atoms with E-state index >= 15 is 0 Å². The molecule has 10 heteroatoms. The summed E-state index contributed by atoms with van der Waals surface area (Å²) < 4.78 is 42.4. The van der Waals surface area contributed by atoms with Crippen LogP contribution in [0.4, 0.5) is 30.2 Å². The number of hydrogen-bond acceptors (Lipinski definition) is 6. The Labute approximate surface area is 182 Å². The molecule has 2 atom stereocenters. The summed E-state index contributed by atoms with van der Waals surface area (Å²) in [6, 6.07) is 7.41. The number of anilines is 3. The summed E-state index contributed by atoms with van der Waals surface area (Å²) in [6.07, 6.45) is 2.10. The van der Waals surface area contributed by atoms with Crippen LogP contribution < -0.4 is 21.7 Å². The fourth-order valence-corrected chi connectivity index (χ4v) is 3.75. The third-order valence-electron chi connectivity index (χ3n) is 5.18. The van der Waals surface area contributed by atoms with E-state index in [1.807, 2.05) is 0 Å². The van der Waals surface area contributed by atoms with Gasteiger partial charge in [-0.2, -0.15) is 0 Å². The Morgan fingerprint density at radius 2 is 1.88 bits per heavy atom. The summed E-state index contributed by atoms with van der Waals surface area (Å²) in [4.78, 5) is 22.8. The first kappa shape index (κ1) is 21.6. The van der Waals surface area contributed by atoms with E-state index in [9.17, 15) is 18.0 Å². The Hall–Kier alpha value is -3.66. The number of benzene rings is 1. The molecule has 5 N–H and O–H groups in total. The maximum atomic E-state index is 14.2. The van der Waals surface area contributed by atoms with Crippen molar-refractivity contribution in [2.45, 2.75) is 18.6 Å². The smallest absolute Gasteiger partial charge is 0.276 e. The van der Waals surface area contributed by atoms with Crippen LogP contribution in [0.5, 0.6) is 0 Å².